The van der Waals surface area contributed by atoms with Crippen LogP contribution in [0.3, 0.4) is 0 Å². The number of halogens is 1. The maximum atomic E-state index is 3.86. The van der Waals surface area contributed by atoms with Gasteiger partial charge < -0.3 is 0 Å². The molecule has 0 aromatic heterocycles. The molecule has 0 radical (unpaired) electrons. The highest BCUT2D eigenvalue weighted by Gasteiger charge is 2.28. The normalized spacial score (nSPS) is 29.2. The van der Waals surface area contributed by atoms with Crippen LogP contribution in [0.15, 0.2) is 46.1 Å². The third kappa shape index (κ3) is 1.48. The fourth-order valence-corrected chi connectivity index (χ4v) is 3.74. The quantitative estimate of drug-likeness (QED) is 0.566. The lowest BCUT2D eigenvalue weighted by Gasteiger charge is -2.28. The topological polar surface area (TPSA) is 0 Å². The van der Waals surface area contributed by atoms with Crippen LogP contribution < -0.4 is 0 Å². The molecule has 0 N–H and O–H groups in total. The predicted molar refractivity (Wildman–Crippen MR) is 68.1 cm³/mol. The Bertz CT molecular complexity index is 432. The standard InChI is InChI=1S/C14H15Br/c1-9-6-11-8-10-4-2-3-5-12(10)14(15)13(11)7-9/h6-8,14H,2-5H2,1H3. The minimum Gasteiger partial charge on any atom is -0.0790 e. The first-order chi connectivity index (χ1) is 7.25. The number of allylic oxidation sites excluding steroid dienone is 8. The van der Waals surface area contributed by atoms with Crippen LogP contribution in [0.4, 0.5) is 0 Å². The Hall–Kier alpha value is -0.560. The van der Waals surface area contributed by atoms with Gasteiger partial charge in [-0.15, -0.1) is 0 Å². The van der Waals surface area contributed by atoms with Crippen LogP contribution in [0, 0.1) is 0 Å². The molecule has 15 heavy (non-hydrogen) atoms. The van der Waals surface area contributed by atoms with E-state index >= 15 is 0 Å². The van der Waals surface area contributed by atoms with Gasteiger partial charge in [-0.2, -0.15) is 0 Å². The first-order valence-electron chi connectivity index (χ1n) is 5.73. The second-order valence-corrected chi connectivity index (χ2v) is 5.62. The van der Waals surface area contributed by atoms with Crippen molar-refractivity contribution in [2.75, 3.05) is 0 Å². The van der Waals surface area contributed by atoms with E-state index in [1.807, 2.05) is 0 Å². The molecule has 3 rings (SSSR count). The first-order valence-corrected chi connectivity index (χ1v) is 6.65. The molecule has 1 atom stereocenters. The lowest BCUT2D eigenvalue weighted by molar-refractivity contribution is 0.669. The number of rotatable bonds is 0. The minimum absolute atomic E-state index is 0.487. The van der Waals surface area contributed by atoms with Gasteiger partial charge in [0, 0.05) is 0 Å². The second-order valence-electron chi connectivity index (χ2n) is 4.71. The van der Waals surface area contributed by atoms with Crippen molar-refractivity contribution >= 4 is 15.9 Å². The largest absolute Gasteiger partial charge is 0.0790 e. The van der Waals surface area contributed by atoms with Gasteiger partial charge in [-0.1, -0.05) is 39.7 Å². The molecule has 0 saturated heterocycles. The summed E-state index contributed by atoms with van der Waals surface area (Å²) >= 11 is 3.86. The van der Waals surface area contributed by atoms with Crippen molar-refractivity contribution in [1.29, 1.82) is 0 Å². The van der Waals surface area contributed by atoms with Crippen molar-refractivity contribution in [3.8, 4) is 0 Å². The van der Waals surface area contributed by atoms with E-state index in [1.165, 1.54) is 42.4 Å². The van der Waals surface area contributed by atoms with Gasteiger partial charge in [0.2, 0.25) is 0 Å². The van der Waals surface area contributed by atoms with E-state index in [9.17, 15) is 0 Å². The first kappa shape index (κ1) is 9.65. The summed E-state index contributed by atoms with van der Waals surface area (Å²) in [5, 5.41) is 0. The molecule has 0 heterocycles. The number of hydrogen-bond donors (Lipinski definition) is 0. The summed E-state index contributed by atoms with van der Waals surface area (Å²) in [4.78, 5) is 0.487. The lowest BCUT2D eigenvalue weighted by atomic mass is 9.81. The summed E-state index contributed by atoms with van der Waals surface area (Å²) < 4.78 is 0. The molecule has 3 aliphatic carbocycles. The molecule has 0 amide bonds. The molecule has 0 nitrogen and oxygen atoms in total. The lowest BCUT2D eigenvalue weighted by Crippen LogP contribution is -2.16. The molecule has 0 aliphatic heterocycles. The average molecular weight is 263 g/mol. The van der Waals surface area contributed by atoms with Gasteiger partial charge in [-0.3, -0.25) is 0 Å². The van der Waals surface area contributed by atoms with Gasteiger partial charge in [0.25, 0.3) is 0 Å². The van der Waals surface area contributed by atoms with E-state index < -0.39 is 0 Å². The fourth-order valence-electron chi connectivity index (χ4n) is 2.83. The smallest absolute Gasteiger partial charge is 0.0616 e. The zero-order valence-corrected chi connectivity index (χ0v) is 10.6. The van der Waals surface area contributed by atoms with Gasteiger partial charge in [0.1, 0.15) is 0 Å². The van der Waals surface area contributed by atoms with Crippen molar-refractivity contribution in [2.45, 2.75) is 37.4 Å². The Morgan fingerprint density at radius 3 is 2.80 bits per heavy atom. The predicted octanol–water partition coefficient (Wildman–Crippen LogP) is 4.45. The fraction of sp³-hybridized carbons (Fsp3) is 0.429. The molecule has 0 saturated carbocycles. The van der Waals surface area contributed by atoms with Crippen molar-refractivity contribution in [3.05, 3.63) is 46.1 Å². The van der Waals surface area contributed by atoms with E-state index in [2.05, 4.69) is 41.1 Å². The van der Waals surface area contributed by atoms with Crippen molar-refractivity contribution in [3.63, 3.8) is 0 Å². The van der Waals surface area contributed by atoms with Crippen LogP contribution in [0.2, 0.25) is 0 Å². The molecule has 1 heteroatoms. The summed E-state index contributed by atoms with van der Waals surface area (Å²) in [6.45, 7) is 2.19. The van der Waals surface area contributed by atoms with Gasteiger partial charge in [-0.25, -0.2) is 0 Å². The summed E-state index contributed by atoms with van der Waals surface area (Å²) in [5.74, 6) is 0. The van der Waals surface area contributed by atoms with E-state index in [-0.39, 0.29) is 0 Å². The van der Waals surface area contributed by atoms with Crippen LogP contribution in [0.1, 0.15) is 32.6 Å². The molecule has 3 aliphatic rings. The van der Waals surface area contributed by atoms with E-state index in [1.54, 1.807) is 11.1 Å². The van der Waals surface area contributed by atoms with E-state index in [0.717, 1.165) is 0 Å². The van der Waals surface area contributed by atoms with Crippen LogP contribution >= 0.6 is 15.9 Å². The van der Waals surface area contributed by atoms with E-state index in [0.29, 0.717) is 4.83 Å². The Morgan fingerprint density at radius 1 is 1.13 bits per heavy atom. The molecule has 0 spiro atoms. The van der Waals surface area contributed by atoms with Gasteiger partial charge in [0.05, 0.1) is 4.83 Å². The maximum Gasteiger partial charge on any atom is 0.0616 e. The maximum absolute atomic E-state index is 3.86. The van der Waals surface area contributed by atoms with Gasteiger partial charge in [-0.05, 0) is 54.9 Å². The molecular weight excluding hydrogens is 248 g/mol. The van der Waals surface area contributed by atoms with Crippen LogP contribution in [0.25, 0.3) is 0 Å². The second kappa shape index (κ2) is 3.48. The van der Waals surface area contributed by atoms with Gasteiger partial charge in [0.15, 0.2) is 0 Å². The molecule has 1 unspecified atom stereocenters. The Labute approximate surface area is 99.6 Å². The molecular formula is C14H15Br. The van der Waals surface area contributed by atoms with Crippen LogP contribution in [0.5, 0.6) is 0 Å². The Morgan fingerprint density at radius 2 is 1.93 bits per heavy atom. The highest BCUT2D eigenvalue weighted by atomic mass is 79.9. The van der Waals surface area contributed by atoms with Crippen LogP contribution in [-0.2, 0) is 0 Å². The molecule has 0 aromatic carbocycles. The number of alkyl halides is 1. The van der Waals surface area contributed by atoms with E-state index in [4.69, 9.17) is 0 Å². The zero-order valence-electron chi connectivity index (χ0n) is 9.02. The summed E-state index contributed by atoms with van der Waals surface area (Å²) in [7, 11) is 0. The minimum atomic E-state index is 0.487. The SMILES string of the molecule is CC1=CC2=CC3=C(CCCC3)C(Br)C2=C1. The Kier molecular flexibility index (Phi) is 2.24. The summed E-state index contributed by atoms with van der Waals surface area (Å²) in [5.41, 5.74) is 7.55. The third-order valence-corrected chi connectivity index (χ3v) is 4.61. The summed E-state index contributed by atoms with van der Waals surface area (Å²) in [6, 6.07) is 0. The van der Waals surface area contributed by atoms with Gasteiger partial charge >= 0.3 is 0 Å². The molecule has 78 valence electrons. The molecule has 0 fully saturated rings. The van der Waals surface area contributed by atoms with Crippen molar-refractivity contribution in [2.24, 2.45) is 0 Å². The Balaban J connectivity index is 2.08. The van der Waals surface area contributed by atoms with Crippen LogP contribution in [-0.4, -0.2) is 4.83 Å². The average Bonchev–Trinajstić information content (AvgIpc) is 2.59. The highest BCUT2D eigenvalue weighted by molar-refractivity contribution is 9.09. The number of fused-ring (bicyclic) bond motifs is 1. The zero-order chi connectivity index (χ0) is 10.4. The highest BCUT2D eigenvalue weighted by Crippen LogP contribution is 2.43. The molecule has 0 aromatic rings. The van der Waals surface area contributed by atoms with Crippen molar-refractivity contribution < 1.29 is 0 Å². The summed E-state index contributed by atoms with van der Waals surface area (Å²) in [6.07, 6.45) is 12.3. The number of hydrogen-bond acceptors (Lipinski definition) is 0. The van der Waals surface area contributed by atoms with Crippen molar-refractivity contribution in [1.82, 2.24) is 0 Å². The monoisotopic (exact) mass is 262 g/mol. The third-order valence-electron chi connectivity index (χ3n) is 3.56. The molecule has 0 bridgehead atoms.